The minimum atomic E-state index is -0.794. The predicted octanol–water partition coefficient (Wildman–Crippen LogP) is 4.39. The van der Waals surface area contributed by atoms with Gasteiger partial charge in [0.25, 0.3) is 5.69 Å². The van der Waals surface area contributed by atoms with Crippen molar-refractivity contribution in [2.24, 2.45) is 0 Å². The van der Waals surface area contributed by atoms with Gasteiger partial charge in [-0.25, -0.2) is 0 Å². The summed E-state index contributed by atoms with van der Waals surface area (Å²) in [4.78, 5) is 37.9. The molecule has 0 aliphatic rings. The molecular weight excluding hydrogens is 429 g/mol. The van der Waals surface area contributed by atoms with Gasteiger partial charge >= 0.3 is 0 Å². The molecular formula is C21H23Cl2N3O4. The molecule has 9 heteroatoms. The maximum Gasteiger partial charge on any atom is 0.273 e. The molecule has 2 aromatic carbocycles. The highest BCUT2D eigenvalue weighted by Crippen LogP contribution is 2.25. The topological polar surface area (TPSA) is 92.6 Å². The van der Waals surface area contributed by atoms with Crippen molar-refractivity contribution < 1.29 is 14.5 Å². The molecule has 1 atom stereocenters. The minimum absolute atomic E-state index is 0.0999. The summed E-state index contributed by atoms with van der Waals surface area (Å²) >= 11 is 12.0. The van der Waals surface area contributed by atoms with Crippen molar-refractivity contribution in [1.29, 1.82) is 0 Å². The smallest absolute Gasteiger partial charge is 0.273 e. The van der Waals surface area contributed by atoms with Gasteiger partial charge in [0.05, 0.1) is 21.4 Å². The highest BCUT2D eigenvalue weighted by molar-refractivity contribution is 6.42. The Balaban J connectivity index is 2.34. The first-order valence-corrected chi connectivity index (χ1v) is 10.1. The number of nitrogens with zero attached hydrogens (tertiary/aromatic N) is 2. The summed E-state index contributed by atoms with van der Waals surface area (Å²) in [5, 5.41) is 14.8. The van der Waals surface area contributed by atoms with E-state index in [0.29, 0.717) is 15.6 Å². The molecule has 2 aromatic rings. The van der Waals surface area contributed by atoms with Gasteiger partial charge in [-0.1, -0.05) is 47.5 Å². The first kappa shape index (κ1) is 23.6. The lowest BCUT2D eigenvalue weighted by Crippen LogP contribution is -2.49. The Bertz CT molecular complexity index is 950. The van der Waals surface area contributed by atoms with E-state index < -0.39 is 16.9 Å². The summed E-state index contributed by atoms with van der Waals surface area (Å²) in [5.74, 6) is -0.734. The van der Waals surface area contributed by atoms with Crippen molar-refractivity contribution in [3.05, 3.63) is 73.8 Å². The maximum absolute atomic E-state index is 13.1. The highest BCUT2D eigenvalue weighted by atomic mass is 35.5. The SMILES string of the molecule is CC(C)NC(=O)C(C)N(Cc1ccc(Cl)c(Cl)c1)C(=O)Cc1ccccc1[N+](=O)[O-]. The van der Waals surface area contributed by atoms with E-state index in [9.17, 15) is 19.7 Å². The van der Waals surface area contributed by atoms with Gasteiger partial charge in [-0.15, -0.1) is 0 Å². The zero-order valence-electron chi connectivity index (χ0n) is 16.9. The van der Waals surface area contributed by atoms with Crippen LogP contribution in [0.3, 0.4) is 0 Å². The number of para-hydroxylation sites is 1. The largest absolute Gasteiger partial charge is 0.352 e. The van der Waals surface area contributed by atoms with Gasteiger partial charge < -0.3 is 10.2 Å². The van der Waals surface area contributed by atoms with E-state index in [1.165, 1.54) is 23.1 Å². The number of nitro groups is 1. The monoisotopic (exact) mass is 451 g/mol. The second-order valence-electron chi connectivity index (χ2n) is 7.17. The standard InChI is InChI=1S/C21H23Cl2N3O4/c1-13(2)24-21(28)14(3)25(12-15-8-9-17(22)18(23)10-15)20(27)11-16-6-4-5-7-19(16)26(29)30/h4-10,13-14H,11-12H2,1-3H3,(H,24,28). The van der Waals surface area contributed by atoms with Crippen LogP contribution in [0, 0.1) is 10.1 Å². The number of nitro benzene ring substituents is 1. The van der Waals surface area contributed by atoms with Crippen LogP contribution < -0.4 is 5.32 Å². The quantitative estimate of drug-likeness (QED) is 0.475. The third-order valence-corrected chi connectivity index (χ3v) is 5.20. The maximum atomic E-state index is 13.1. The van der Waals surface area contributed by atoms with E-state index in [0.717, 1.165) is 0 Å². The van der Waals surface area contributed by atoms with Crippen molar-refractivity contribution in [2.45, 2.75) is 45.8 Å². The Morgan fingerprint density at radius 2 is 1.77 bits per heavy atom. The van der Waals surface area contributed by atoms with Crippen molar-refractivity contribution in [3.8, 4) is 0 Å². The van der Waals surface area contributed by atoms with Gasteiger partial charge in [0.15, 0.2) is 0 Å². The molecule has 2 rings (SSSR count). The zero-order valence-corrected chi connectivity index (χ0v) is 18.4. The first-order chi connectivity index (χ1) is 14.1. The fourth-order valence-electron chi connectivity index (χ4n) is 2.93. The number of carbonyl (C=O) groups excluding carboxylic acids is 2. The van der Waals surface area contributed by atoms with Gasteiger partial charge in [-0.3, -0.25) is 19.7 Å². The number of rotatable bonds is 8. The summed E-state index contributed by atoms with van der Waals surface area (Å²) < 4.78 is 0. The number of carbonyl (C=O) groups is 2. The van der Waals surface area contributed by atoms with Crippen LogP contribution >= 0.6 is 23.2 Å². The summed E-state index contributed by atoms with van der Waals surface area (Å²) in [6.07, 6.45) is -0.211. The molecule has 1 unspecified atom stereocenters. The van der Waals surface area contributed by atoms with E-state index in [2.05, 4.69) is 5.32 Å². The van der Waals surface area contributed by atoms with Crippen molar-refractivity contribution in [2.75, 3.05) is 0 Å². The zero-order chi connectivity index (χ0) is 22.4. The van der Waals surface area contributed by atoms with E-state index >= 15 is 0 Å². The summed E-state index contributed by atoms with van der Waals surface area (Å²) in [6, 6.07) is 10.1. The highest BCUT2D eigenvalue weighted by Gasteiger charge is 2.28. The van der Waals surface area contributed by atoms with E-state index in [1.54, 1.807) is 31.2 Å². The lowest BCUT2D eigenvalue weighted by atomic mass is 10.1. The number of nitrogens with one attached hydrogen (secondary N) is 1. The molecule has 0 radical (unpaired) electrons. The molecule has 0 spiro atoms. The van der Waals surface area contributed by atoms with E-state index in [4.69, 9.17) is 23.2 Å². The van der Waals surface area contributed by atoms with Gasteiger partial charge in [0, 0.05) is 24.2 Å². The van der Waals surface area contributed by atoms with Gasteiger partial charge in [0.1, 0.15) is 6.04 Å². The Kier molecular flexibility index (Phi) is 8.20. The van der Waals surface area contributed by atoms with Crippen LogP contribution in [0.1, 0.15) is 31.9 Å². The Hall–Kier alpha value is -2.64. The molecule has 1 N–H and O–H groups in total. The van der Waals surface area contributed by atoms with E-state index in [-0.39, 0.29) is 36.2 Å². The molecule has 0 aliphatic heterocycles. The fourth-order valence-corrected chi connectivity index (χ4v) is 3.25. The molecule has 160 valence electrons. The molecule has 0 heterocycles. The number of halogens is 2. The second kappa shape index (κ2) is 10.4. The van der Waals surface area contributed by atoms with Crippen molar-refractivity contribution in [3.63, 3.8) is 0 Å². The number of amides is 2. The molecule has 0 bridgehead atoms. The first-order valence-electron chi connectivity index (χ1n) is 9.36. The van der Waals surface area contributed by atoms with Gasteiger partial charge in [-0.2, -0.15) is 0 Å². The second-order valence-corrected chi connectivity index (χ2v) is 7.99. The minimum Gasteiger partial charge on any atom is -0.352 e. The fraction of sp³-hybridized carbons (Fsp3) is 0.333. The molecule has 0 aliphatic carbocycles. The van der Waals surface area contributed by atoms with Crippen LogP contribution in [0.4, 0.5) is 5.69 Å². The van der Waals surface area contributed by atoms with Crippen LogP contribution in [-0.2, 0) is 22.6 Å². The third-order valence-electron chi connectivity index (χ3n) is 4.47. The van der Waals surface area contributed by atoms with E-state index in [1.807, 2.05) is 13.8 Å². The van der Waals surface area contributed by atoms with Crippen molar-refractivity contribution >= 4 is 40.7 Å². The molecule has 0 aromatic heterocycles. The predicted molar refractivity (Wildman–Crippen MR) is 117 cm³/mol. The number of benzene rings is 2. The lowest BCUT2D eigenvalue weighted by molar-refractivity contribution is -0.385. The van der Waals surface area contributed by atoms with Crippen LogP contribution in [0.2, 0.25) is 10.0 Å². The lowest BCUT2D eigenvalue weighted by Gasteiger charge is -2.29. The molecule has 0 fully saturated rings. The Labute approximate surface area is 185 Å². The van der Waals surface area contributed by atoms with Gasteiger partial charge in [-0.05, 0) is 38.5 Å². The molecule has 0 saturated carbocycles. The Morgan fingerprint density at radius 1 is 1.10 bits per heavy atom. The number of hydrogen-bond donors (Lipinski definition) is 1. The van der Waals surface area contributed by atoms with Crippen LogP contribution in [0.5, 0.6) is 0 Å². The molecule has 2 amide bonds. The van der Waals surface area contributed by atoms with Crippen molar-refractivity contribution in [1.82, 2.24) is 10.2 Å². The third kappa shape index (κ3) is 6.18. The van der Waals surface area contributed by atoms with Crippen LogP contribution in [0.25, 0.3) is 0 Å². The summed E-state index contributed by atoms with van der Waals surface area (Å²) in [7, 11) is 0. The molecule has 0 saturated heterocycles. The summed E-state index contributed by atoms with van der Waals surface area (Å²) in [6.45, 7) is 5.36. The average Bonchev–Trinajstić information content (AvgIpc) is 2.67. The van der Waals surface area contributed by atoms with Crippen LogP contribution in [0.15, 0.2) is 42.5 Å². The normalized spacial score (nSPS) is 11.8. The van der Waals surface area contributed by atoms with Gasteiger partial charge in [0.2, 0.25) is 11.8 Å². The number of hydrogen-bond acceptors (Lipinski definition) is 4. The Morgan fingerprint density at radius 3 is 2.37 bits per heavy atom. The molecule has 30 heavy (non-hydrogen) atoms. The average molecular weight is 452 g/mol. The molecule has 7 nitrogen and oxygen atoms in total. The van der Waals surface area contributed by atoms with Crippen LogP contribution in [-0.4, -0.2) is 33.7 Å². The summed E-state index contributed by atoms with van der Waals surface area (Å²) in [5.41, 5.74) is 0.826.